The first kappa shape index (κ1) is 16.2. The van der Waals surface area contributed by atoms with Crippen LogP contribution in [0.5, 0.6) is 0 Å². The van der Waals surface area contributed by atoms with Gasteiger partial charge < -0.3 is 15.0 Å². The second kappa shape index (κ2) is 6.28. The number of anilines is 1. The molecule has 0 amide bonds. The van der Waals surface area contributed by atoms with Crippen molar-refractivity contribution in [3.05, 3.63) is 23.3 Å². The van der Waals surface area contributed by atoms with Crippen molar-refractivity contribution in [1.82, 2.24) is 5.32 Å². The number of thiol groups is 1. The molecule has 2 rings (SSSR count). The van der Waals surface area contributed by atoms with Gasteiger partial charge in [0.25, 0.3) is 0 Å². The molecular formula is C16H24N2O2S. The molecular weight excluding hydrogens is 284 g/mol. The average molecular weight is 308 g/mol. The molecule has 1 aromatic carbocycles. The molecule has 0 unspecified atom stereocenters. The molecule has 0 spiro atoms. The van der Waals surface area contributed by atoms with Gasteiger partial charge in [-0.1, -0.05) is 0 Å². The maximum absolute atomic E-state index is 12.4. The van der Waals surface area contributed by atoms with Gasteiger partial charge in [0, 0.05) is 36.8 Å². The van der Waals surface area contributed by atoms with Crippen LogP contribution in [-0.2, 0) is 4.74 Å². The van der Waals surface area contributed by atoms with Crippen molar-refractivity contribution in [2.45, 2.75) is 38.2 Å². The summed E-state index contributed by atoms with van der Waals surface area (Å²) >= 11 is 4.51. The number of benzene rings is 1. The molecule has 5 heteroatoms. The highest BCUT2D eigenvalue weighted by molar-refractivity contribution is 7.80. The SMILES string of the molecule is Cc1c(S)cc(N2CCNCC2)cc1C(=O)OC(C)(C)C. The summed E-state index contributed by atoms with van der Waals surface area (Å²) in [6.45, 7) is 11.3. The Morgan fingerprint density at radius 1 is 1.29 bits per heavy atom. The van der Waals surface area contributed by atoms with Gasteiger partial charge in [0.2, 0.25) is 0 Å². The highest BCUT2D eigenvalue weighted by atomic mass is 32.1. The standard InChI is InChI=1S/C16H24N2O2S/c1-11-13(15(19)20-16(2,3)4)9-12(10-14(11)21)18-7-5-17-6-8-18/h9-10,17,21H,5-8H2,1-4H3. The quantitative estimate of drug-likeness (QED) is 0.651. The van der Waals surface area contributed by atoms with Crippen LogP contribution in [0.15, 0.2) is 17.0 Å². The number of carbonyl (C=O) groups excluding carboxylic acids is 1. The summed E-state index contributed by atoms with van der Waals surface area (Å²) < 4.78 is 5.50. The fourth-order valence-corrected chi connectivity index (χ4v) is 2.59. The van der Waals surface area contributed by atoms with Crippen molar-refractivity contribution in [1.29, 1.82) is 0 Å². The average Bonchev–Trinajstić information content (AvgIpc) is 2.40. The number of hydrogen-bond donors (Lipinski definition) is 2. The number of rotatable bonds is 2. The van der Waals surface area contributed by atoms with E-state index >= 15 is 0 Å². The lowest BCUT2D eigenvalue weighted by Crippen LogP contribution is -2.43. The number of esters is 1. The molecule has 116 valence electrons. The normalized spacial score (nSPS) is 16.0. The van der Waals surface area contributed by atoms with Gasteiger partial charge in [0.15, 0.2) is 0 Å². The van der Waals surface area contributed by atoms with Gasteiger partial charge in [-0.15, -0.1) is 12.6 Å². The first-order chi connectivity index (χ1) is 9.78. The molecule has 0 aliphatic carbocycles. The van der Waals surface area contributed by atoms with Crippen LogP contribution in [0.2, 0.25) is 0 Å². The lowest BCUT2D eigenvalue weighted by Gasteiger charge is -2.30. The molecule has 1 aromatic rings. The zero-order chi connectivity index (χ0) is 15.6. The molecule has 4 nitrogen and oxygen atoms in total. The van der Waals surface area contributed by atoms with Crippen LogP contribution in [-0.4, -0.2) is 37.7 Å². The molecule has 0 aromatic heterocycles. The number of nitrogens with zero attached hydrogens (tertiary/aromatic N) is 1. The minimum absolute atomic E-state index is 0.285. The minimum atomic E-state index is -0.495. The number of hydrogen-bond acceptors (Lipinski definition) is 5. The molecule has 1 aliphatic rings. The second-order valence-corrected chi connectivity index (χ2v) is 6.86. The fraction of sp³-hybridized carbons (Fsp3) is 0.562. The highest BCUT2D eigenvalue weighted by Crippen LogP contribution is 2.27. The zero-order valence-electron chi connectivity index (χ0n) is 13.2. The molecule has 0 atom stereocenters. The van der Waals surface area contributed by atoms with Gasteiger partial charge in [-0.05, 0) is 45.4 Å². The summed E-state index contributed by atoms with van der Waals surface area (Å²) in [6, 6.07) is 3.95. The third-order valence-corrected chi connectivity index (χ3v) is 3.93. The van der Waals surface area contributed by atoms with E-state index in [4.69, 9.17) is 4.74 Å². The van der Waals surface area contributed by atoms with Gasteiger partial charge in [-0.3, -0.25) is 0 Å². The smallest absolute Gasteiger partial charge is 0.339 e. The molecule has 0 bridgehead atoms. The van der Waals surface area contributed by atoms with E-state index in [2.05, 4.69) is 22.8 Å². The first-order valence-corrected chi connectivity index (χ1v) is 7.75. The predicted molar refractivity (Wildman–Crippen MR) is 88.7 cm³/mol. The zero-order valence-corrected chi connectivity index (χ0v) is 14.1. The summed E-state index contributed by atoms with van der Waals surface area (Å²) in [4.78, 5) is 15.5. The number of ether oxygens (including phenoxy) is 1. The van der Waals surface area contributed by atoms with E-state index in [9.17, 15) is 4.79 Å². The van der Waals surface area contributed by atoms with Crippen LogP contribution in [0.3, 0.4) is 0 Å². The molecule has 1 N–H and O–H groups in total. The number of piperazine rings is 1. The van der Waals surface area contributed by atoms with E-state index in [0.29, 0.717) is 5.56 Å². The lowest BCUT2D eigenvalue weighted by molar-refractivity contribution is 0.00685. The van der Waals surface area contributed by atoms with E-state index in [1.165, 1.54) is 0 Å². The third kappa shape index (κ3) is 4.14. The van der Waals surface area contributed by atoms with Crippen LogP contribution in [0.4, 0.5) is 5.69 Å². The van der Waals surface area contributed by atoms with Gasteiger partial charge in [0.1, 0.15) is 5.60 Å². The predicted octanol–water partition coefficient (Wildman–Crippen LogP) is 2.65. The third-order valence-electron chi connectivity index (χ3n) is 3.47. The summed E-state index contributed by atoms with van der Waals surface area (Å²) in [7, 11) is 0. The lowest BCUT2D eigenvalue weighted by atomic mass is 10.1. The Bertz CT molecular complexity index is 532. The Morgan fingerprint density at radius 3 is 2.48 bits per heavy atom. The summed E-state index contributed by atoms with van der Waals surface area (Å²) in [5, 5.41) is 3.33. The molecule has 21 heavy (non-hydrogen) atoms. The van der Waals surface area contributed by atoms with Crippen molar-refractivity contribution in [3.8, 4) is 0 Å². The van der Waals surface area contributed by atoms with Crippen LogP contribution < -0.4 is 10.2 Å². The van der Waals surface area contributed by atoms with E-state index in [0.717, 1.165) is 42.3 Å². The highest BCUT2D eigenvalue weighted by Gasteiger charge is 2.22. The summed E-state index contributed by atoms with van der Waals surface area (Å²) in [5.41, 5.74) is 2.01. The number of carbonyl (C=O) groups is 1. The fourth-order valence-electron chi connectivity index (χ4n) is 2.33. The van der Waals surface area contributed by atoms with Crippen LogP contribution in [0.25, 0.3) is 0 Å². The van der Waals surface area contributed by atoms with Crippen LogP contribution in [0.1, 0.15) is 36.7 Å². The van der Waals surface area contributed by atoms with Crippen molar-refractivity contribution >= 4 is 24.3 Å². The molecule has 0 saturated carbocycles. The Morgan fingerprint density at radius 2 is 1.90 bits per heavy atom. The first-order valence-electron chi connectivity index (χ1n) is 7.30. The Labute approximate surface area is 132 Å². The topological polar surface area (TPSA) is 41.6 Å². The van der Waals surface area contributed by atoms with Crippen molar-refractivity contribution < 1.29 is 9.53 Å². The van der Waals surface area contributed by atoms with Gasteiger partial charge in [-0.2, -0.15) is 0 Å². The summed E-state index contributed by atoms with van der Waals surface area (Å²) in [6.07, 6.45) is 0. The molecule has 1 aliphatic heterocycles. The largest absolute Gasteiger partial charge is 0.456 e. The summed E-state index contributed by atoms with van der Waals surface area (Å²) in [5.74, 6) is -0.285. The maximum Gasteiger partial charge on any atom is 0.339 e. The van der Waals surface area contributed by atoms with Gasteiger partial charge in [0.05, 0.1) is 5.56 Å². The Balaban J connectivity index is 2.32. The maximum atomic E-state index is 12.4. The Hall–Kier alpha value is -1.20. The molecule has 0 radical (unpaired) electrons. The van der Waals surface area contributed by atoms with E-state index in [1.807, 2.05) is 39.8 Å². The van der Waals surface area contributed by atoms with Crippen molar-refractivity contribution in [3.63, 3.8) is 0 Å². The Kier molecular flexibility index (Phi) is 4.84. The van der Waals surface area contributed by atoms with Gasteiger partial charge >= 0.3 is 5.97 Å². The van der Waals surface area contributed by atoms with Crippen LogP contribution >= 0.6 is 12.6 Å². The molecule has 1 saturated heterocycles. The molecule has 1 fully saturated rings. The molecule has 1 heterocycles. The van der Waals surface area contributed by atoms with Gasteiger partial charge in [-0.25, -0.2) is 4.79 Å². The van der Waals surface area contributed by atoms with E-state index in [1.54, 1.807) is 0 Å². The monoisotopic (exact) mass is 308 g/mol. The van der Waals surface area contributed by atoms with Crippen molar-refractivity contribution in [2.24, 2.45) is 0 Å². The minimum Gasteiger partial charge on any atom is -0.456 e. The number of nitrogens with one attached hydrogen (secondary N) is 1. The van der Waals surface area contributed by atoms with E-state index < -0.39 is 5.60 Å². The van der Waals surface area contributed by atoms with E-state index in [-0.39, 0.29) is 5.97 Å². The van der Waals surface area contributed by atoms with Crippen LogP contribution in [0, 0.1) is 6.92 Å². The second-order valence-electron chi connectivity index (χ2n) is 6.38. The van der Waals surface area contributed by atoms with Crippen molar-refractivity contribution in [2.75, 3.05) is 31.1 Å².